The number of nitrogens with zero attached hydrogens (tertiary/aromatic N) is 1. The summed E-state index contributed by atoms with van der Waals surface area (Å²) in [6.45, 7) is 3.97. The van der Waals surface area contributed by atoms with E-state index in [9.17, 15) is 23.1 Å². The molecule has 4 rings (SSSR count). The van der Waals surface area contributed by atoms with Crippen LogP contribution in [0.2, 0.25) is 5.02 Å². The first-order chi connectivity index (χ1) is 18.5. The van der Waals surface area contributed by atoms with Crippen LogP contribution in [0.4, 0.5) is 5.69 Å². The summed E-state index contributed by atoms with van der Waals surface area (Å²) >= 11 is 7.33. The lowest BCUT2D eigenvalue weighted by molar-refractivity contribution is -0.139. The molecule has 3 aromatic rings. The highest BCUT2D eigenvalue weighted by Crippen LogP contribution is 2.46. The number of aliphatic carboxylic acids is 1. The van der Waals surface area contributed by atoms with Crippen LogP contribution in [0.3, 0.4) is 0 Å². The maximum absolute atomic E-state index is 13.1. The molecule has 0 radical (unpaired) electrons. The third kappa shape index (κ3) is 6.73. The molecule has 1 fully saturated rings. The van der Waals surface area contributed by atoms with Crippen molar-refractivity contribution in [1.82, 2.24) is 4.31 Å². The van der Waals surface area contributed by atoms with E-state index in [4.69, 9.17) is 21.4 Å². The Bertz CT molecular complexity index is 1480. The van der Waals surface area contributed by atoms with Crippen LogP contribution in [0.25, 0.3) is 10.4 Å². The second-order valence-corrected chi connectivity index (χ2v) is 12.8. The van der Waals surface area contributed by atoms with Crippen LogP contribution in [0.15, 0.2) is 42.5 Å². The largest absolute Gasteiger partial charge is 0.479 e. The van der Waals surface area contributed by atoms with Crippen LogP contribution >= 0.6 is 22.9 Å². The fourth-order valence-corrected chi connectivity index (χ4v) is 7.77. The average molecular weight is 593 g/mol. The highest BCUT2D eigenvalue weighted by Gasteiger charge is 2.29. The van der Waals surface area contributed by atoms with Crippen LogP contribution < -0.4 is 10.1 Å². The Morgan fingerprint density at radius 2 is 1.74 bits per heavy atom. The van der Waals surface area contributed by atoms with Crippen LogP contribution in [0.1, 0.15) is 39.2 Å². The molecule has 1 saturated heterocycles. The summed E-state index contributed by atoms with van der Waals surface area (Å²) in [4.78, 5) is 22.9. The van der Waals surface area contributed by atoms with Crippen LogP contribution in [0.5, 0.6) is 5.75 Å². The second-order valence-electron chi connectivity index (χ2n) is 9.42. The van der Waals surface area contributed by atoms with Crippen molar-refractivity contribution in [3.05, 3.63) is 69.1 Å². The van der Waals surface area contributed by atoms with E-state index in [1.54, 1.807) is 16.4 Å². The summed E-state index contributed by atoms with van der Waals surface area (Å²) in [5.74, 6) is -2.68. The number of benzene rings is 2. The van der Waals surface area contributed by atoms with Gasteiger partial charge in [0.1, 0.15) is 5.02 Å². The number of aryl methyl sites for hydroxylation is 2. The Balaban J connectivity index is 1.44. The van der Waals surface area contributed by atoms with Gasteiger partial charge in [-0.15, -0.1) is 11.3 Å². The summed E-state index contributed by atoms with van der Waals surface area (Å²) < 4.78 is 33.0. The molecule has 1 aromatic heterocycles. The van der Waals surface area contributed by atoms with Gasteiger partial charge in [-0.1, -0.05) is 41.9 Å². The van der Waals surface area contributed by atoms with E-state index in [0.29, 0.717) is 36.4 Å². The number of ether oxygens (including phenoxy) is 1. The first-order valence-corrected chi connectivity index (χ1v) is 15.1. The van der Waals surface area contributed by atoms with Crippen molar-refractivity contribution >= 4 is 50.6 Å². The van der Waals surface area contributed by atoms with Crippen LogP contribution in [-0.4, -0.2) is 60.6 Å². The van der Waals surface area contributed by atoms with E-state index >= 15 is 0 Å². The number of sulfonamides is 1. The van der Waals surface area contributed by atoms with Gasteiger partial charge >= 0.3 is 11.9 Å². The van der Waals surface area contributed by atoms with Gasteiger partial charge in [0.2, 0.25) is 10.0 Å². The van der Waals surface area contributed by atoms with Gasteiger partial charge in [-0.3, -0.25) is 0 Å². The van der Waals surface area contributed by atoms with E-state index in [0.717, 1.165) is 33.7 Å². The summed E-state index contributed by atoms with van der Waals surface area (Å²) in [5, 5.41) is 21.9. The molecule has 0 unspecified atom stereocenters. The minimum absolute atomic E-state index is 0.0102. The number of thiophene rings is 1. The zero-order valence-corrected chi connectivity index (χ0v) is 23.8. The quantitative estimate of drug-likeness (QED) is 0.291. The fourth-order valence-electron chi connectivity index (χ4n) is 4.60. The van der Waals surface area contributed by atoms with Crippen molar-refractivity contribution in [2.45, 2.75) is 38.5 Å². The predicted molar refractivity (Wildman–Crippen MR) is 152 cm³/mol. The maximum atomic E-state index is 13.1. The van der Waals surface area contributed by atoms with Gasteiger partial charge in [0.05, 0.1) is 10.6 Å². The molecule has 1 aliphatic heterocycles. The predicted octanol–water partition coefficient (Wildman–Crippen LogP) is 5.25. The van der Waals surface area contributed by atoms with Crippen molar-refractivity contribution < 1.29 is 33.0 Å². The summed E-state index contributed by atoms with van der Waals surface area (Å²) in [5.41, 5.74) is 4.22. The average Bonchev–Trinajstić information content (AvgIpc) is 3.22. The number of hydrogen-bond donors (Lipinski definition) is 3. The number of rotatable bonds is 10. The molecular weight excluding hydrogens is 564 g/mol. The van der Waals surface area contributed by atoms with E-state index < -0.39 is 28.6 Å². The number of hydrogen-bond acceptors (Lipinski definition) is 7. The van der Waals surface area contributed by atoms with E-state index in [2.05, 4.69) is 5.32 Å². The molecule has 0 amide bonds. The van der Waals surface area contributed by atoms with Crippen molar-refractivity contribution in [1.29, 1.82) is 0 Å². The van der Waals surface area contributed by atoms with Crippen molar-refractivity contribution in [3.63, 3.8) is 0 Å². The van der Waals surface area contributed by atoms with Gasteiger partial charge in [0, 0.05) is 24.8 Å². The number of carboxylic acids is 2. The Kier molecular flexibility index (Phi) is 8.85. The van der Waals surface area contributed by atoms with Gasteiger partial charge < -0.3 is 20.3 Å². The van der Waals surface area contributed by atoms with Crippen LogP contribution in [-0.2, 0) is 20.6 Å². The molecule has 39 heavy (non-hydrogen) atoms. The topological polar surface area (TPSA) is 133 Å². The van der Waals surface area contributed by atoms with Crippen molar-refractivity contribution in [3.8, 4) is 16.2 Å². The number of aromatic carboxylic acids is 1. The standard InChI is InChI=1S/C27H29ClN2O7S2/c1-16-5-3-6-17(2)21(16)15-39(35,36)30-11-9-19(10-12-30)29-20-8-4-7-18(13-20)25-23(28)24(37-14-22(31)32)26(38-25)27(33)34/h3-8,13,19,29H,9-12,14-15H2,1-2H3,(H,31,32)(H,33,34). The molecular formula is C27H29ClN2O7S2. The normalized spacial score (nSPS) is 14.7. The molecule has 0 bridgehead atoms. The number of halogens is 1. The Morgan fingerprint density at radius 3 is 2.36 bits per heavy atom. The highest BCUT2D eigenvalue weighted by molar-refractivity contribution is 7.88. The van der Waals surface area contributed by atoms with Gasteiger partial charge in [-0.05, 0) is 61.1 Å². The highest BCUT2D eigenvalue weighted by atomic mass is 35.5. The Hall–Kier alpha value is -3.12. The van der Waals surface area contributed by atoms with Gasteiger partial charge in [0.15, 0.2) is 17.2 Å². The molecule has 0 spiro atoms. The fraction of sp³-hybridized carbons (Fsp3) is 0.333. The Morgan fingerprint density at radius 1 is 1.10 bits per heavy atom. The van der Waals surface area contributed by atoms with Crippen LogP contribution in [0, 0.1) is 13.8 Å². The number of piperidine rings is 1. The molecule has 0 atom stereocenters. The van der Waals surface area contributed by atoms with E-state index in [-0.39, 0.29) is 27.4 Å². The van der Waals surface area contributed by atoms with E-state index in [1.807, 2.05) is 44.2 Å². The molecule has 12 heteroatoms. The summed E-state index contributed by atoms with van der Waals surface area (Å²) in [6, 6.07) is 13.1. The minimum Gasteiger partial charge on any atom is -0.479 e. The monoisotopic (exact) mass is 592 g/mol. The molecule has 208 valence electrons. The molecule has 2 aromatic carbocycles. The smallest absolute Gasteiger partial charge is 0.349 e. The van der Waals surface area contributed by atoms with Crippen molar-refractivity contribution in [2.24, 2.45) is 0 Å². The molecule has 0 aliphatic carbocycles. The maximum Gasteiger partial charge on any atom is 0.349 e. The lowest BCUT2D eigenvalue weighted by Gasteiger charge is -2.32. The Labute approximate surface area is 236 Å². The molecule has 9 nitrogen and oxygen atoms in total. The number of carboxylic acid groups (broad SMARTS) is 2. The molecule has 3 N–H and O–H groups in total. The zero-order valence-electron chi connectivity index (χ0n) is 21.4. The lowest BCUT2D eigenvalue weighted by atomic mass is 10.1. The third-order valence-electron chi connectivity index (χ3n) is 6.66. The molecule has 0 saturated carbocycles. The van der Waals surface area contributed by atoms with Gasteiger partial charge in [-0.25, -0.2) is 22.3 Å². The first kappa shape index (κ1) is 28.9. The summed E-state index contributed by atoms with van der Waals surface area (Å²) in [7, 11) is -3.45. The second kappa shape index (κ2) is 12.0. The van der Waals surface area contributed by atoms with Gasteiger partial charge in [-0.2, -0.15) is 0 Å². The third-order valence-corrected chi connectivity index (χ3v) is 10.1. The number of anilines is 1. The zero-order chi connectivity index (χ0) is 28.3. The first-order valence-electron chi connectivity index (χ1n) is 12.3. The van der Waals surface area contributed by atoms with E-state index in [1.165, 1.54) is 0 Å². The summed E-state index contributed by atoms with van der Waals surface area (Å²) in [6.07, 6.45) is 1.26. The number of carbonyl (C=O) groups is 2. The molecule has 1 aliphatic rings. The van der Waals surface area contributed by atoms with Crippen molar-refractivity contribution in [2.75, 3.05) is 25.0 Å². The molecule has 2 heterocycles. The minimum atomic E-state index is -3.45. The lowest BCUT2D eigenvalue weighted by Crippen LogP contribution is -2.42. The number of nitrogens with one attached hydrogen (secondary N) is 1. The SMILES string of the molecule is Cc1cccc(C)c1CS(=O)(=O)N1CCC(Nc2cccc(-c3sc(C(=O)O)c(OCC(=O)O)c3Cl)c2)CC1. The van der Waals surface area contributed by atoms with Gasteiger partial charge in [0.25, 0.3) is 0 Å².